The van der Waals surface area contributed by atoms with Crippen LogP contribution >= 0.6 is 0 Å². The summed E-state index contributed by atoms with van der Waals surface area (Å²) in [6, 6.07) is 0. The van der Waals surface area contributed by atoms with Gasteiger partial charge in [-0.3, -0.25) is 14.4 Å². The fourth-order valence-electron chi connectivity index (χ4n) is 5.14. The van der Waals surface area contributed by atoms with E-state index in [9.17, 15) is 14.4 Å². The van der Waals surface area contributed by atoms with Gasteiger partial charge in [0.05, 0.1) is 19.1 Å². The Hall–Kier alpha value is -1.65. The number of ether oxygens (including phenoxy) is 2. The SMILES string of the molecule is COC(=O)[C@]1(C)CC(=O)C=C2[C@H]1CC[C@H](C)[C@@]2(C)CC[C@H](C)CCOC(C)=O. The zero-order valence-corrected chi connectivity index (χ0v) is 18.3. The number of fused-ring (bicyclic) bond motifs is 1. The molecule has 1 saturated carbocycles. The van der Waals surface area contributed by atoms with Crippen molar-refractivity contribution in [2.45, 2.75) is 73.1 Å². The van der Waals surface area contributed by atoms with Crippen molar-refractivity contribution in [2.75, 3.05) is 13.7 Å². The van der Waals surface area contributed by atoms with E-state index < -0.39 is 5.41 Å². The monoisotopic (exact) mass is 392 g/mol. The standard InChI is InChI=1S/C23H36O5/c1-15(10-12-28-17(3)24)9-11-22(4)16(2)7-8-19-20(22)13-18(25)14-23(19,5)21(26)27-6/h13,15-16,19H,7-12,14H2,1-6H3/t15-,16-,19+,22+,23+/m0/s1. The van der Waals surface area contributed by atoms with Gasteiger partial charge in [0.25, 0.3) is 0 Å². The van der Waals surface area contributed by atoms with Crippen molar-refractivity contribution in [3.05, 3.63) is 11.6 Å². The molecule has 2 aliphatic rings. The molecule has 0 amide bonds. The van der Waals surface area contributed by atoms with Crippen molar-refractivity contribution in [1.29, 1.82) is 0 Å². The van der Waals surface area contributed by atoms with Gasteiger partial charge in [0.2, 0.25) is 0 Å². The molecule has 0 unspecified atom stereocenters. The molecular weight excluding hydrogens is 356 g/mol. The smallest absolute Gasteiger partial charge is 0.312 e. The topological polar surface area (TPSA) is 69.7 Å². The molecule has 0 aliphatic heterocycles. The van der Waals surface area contributed by atoms with Crippen molar-refractivity contribution in [3.63, 3.8) is 0 Å². The molecule has 2 aliphatic carbocycles. The maximum absolute atomic E-state index is 12.6. The van der Waals surface area contributed by atoms with Gasteiger partial charge in [-0.05, 0) is 68.3 Å². The normalized spacial score (nSPS) is 33.5. The molecule has 5 atom stereocenters. The summed E-state index contributed by atoms with van der Waals surface area (Å²) in [5, 5.41) is 0. The van der Waals surface area contributed by atoms with Crippen LogP contribution in [0.5, 0.6) is 0 Å². The van der Waals surface area contributed by atoms with Crippen molar-refractivity contribution in [2.24, 2.45) is 28.6 Å². The third-order valence-corrected chi connectivity index (χ3v) is 7.36. The highest BCUT2D eigenvalue weighted by Gasteiger charge is 2.54. The first-order valence-electron chi connectivity index (χ1n) is 10.5. The van der Waals surface area contributed by atoms with Crippen LogP contribution in [-0.2, 0) is 23.9 Å². The van der Waals surface area contributed by atoms with Crippen LogP contribution < -0.4 is 0 Å². The summed E-state index contributed by atoms with van der Waals surface area (Å²) in [7, 11) is 1.41. The summed E-state index contributed by atoms with van der Waals surface area (Å²) >= 11 is 0. The molecule has 0 aromatic carbocycles. The van der Waals surface area contributed by atoms with Gasteiger partial charge in [0, 0.05) is 13.3 Å². The second kappa shape index (κ2) is 8.79. The van der Waals surface area contributed by atoms with Gasteiger partial charge >= 0.3 is 11.9 Å². The average Bonchev–Trinajstić information content (AvgIpc) is 2.62. The van der Waals surface area contributed by atoms with Crippen molar-refractivity contribution in [3.8, 4) is 0 Å². The van der Waals surface area contributed by atoms with Crippen LogP contribution in [0.1, 0.15) is 73.1 Å². The molecule has 0 radical (unpaired) electrons. The predicted octanol–water partition coefficient (Wildman–Crippen LogP) is 4.49. The number of ketones is 1. The van der Waals surface area contributed by atoms with Crippen molar-refractivity contribution < 1.29 is 23.9 Å². The zero-order valence-electron chi connectivity index (χ0n) is 18.3. The predicted molar refractivity (Wildman–Crippen MR) is 107 cm³/mol. The van der Waals surface area contributed by atoms with Crippen molar-refractivity contribution >= 4 is 17.7 Å². The summed E-state index contributed by atoms with van der Waals surface area (Å²) in [5.41, 5.74) is 0.268. The lowest BCUT2D eigenvalue weighted by Crippen LogP contribution is -2.49. The minimum absolute atomic E-state index is 0.0300. The molecule has 0 saturated heterocycles. The molecular formula is C23H36O5. The van der Waals surface area contributed by atoms with E-state index in [1.54, 1.807) is 0 Å². The molecule has 0 N–H and O–H groups in total. The number of carbonyl (C=O) groups is 3. The Labute approximate surface area is 169 Å². The van der Waals surface area contributed by atoms with Gasteiger partial charge in [0.1, 0.15) is 0 Å². The molecule has 2 rings (SSSR count). The number of hydrogen-bond donors (Lipinski definition) is 0. The van der Waals surface area contributed by atoms with E-state index in [2.05, 4.69) is 20.8 Å². The Bertz CT molecular complexity index is 651. The van der Waals surface area contributed by atoms with Crippen LogP contribution in [0.3, 0.4) is 0 Å². The highest BCUT2D eigenvalue weighted by molar-refractivity contribution is 5.97. The quantitative estimate of drug-likeness (QED) is 0.597. The molecule has 5 nitrogen and oxygen atoms in total. The summed E-state index contributed by atoms with van der Waals surface area (Å²) in [6.45, 7) is 10.5. The summed E-state index contributed by atoms with van der Waals surface area (Å²) in [5.74, 6) is 0.454. The largest absolute Gasteiger partial charge is 0.469 e. The van der Waals surface area contributed by atoms with Gasteiger partial charge in [-0.25, -0.2) is 0 Å². The van der Waals surface area contributed by atoms with Gasteiger partial charge in [0.15, 0.2) is 5.78 Å². The summed E-state index contributed by atoms with van der Waals surface area (Å²) in [6.07, 6.45) is 6.82. The number of carbonyl (C=O) groups excluding carboxylic acids is 3. The highest BCUT2D eigenvalue weighted by atomic mass is 16.5. The molecule has 28 heavy (non-hydrogen) atoms. The number of esters is 2. The van der Waals surface area contributed by atoms with Crippen LogP contribution in [0.2, 0.25) is 0 Å². The van der Waals surface area contributed by atoms with E-state index in [1.807, 2.05) is 13.0 Å². The third kappa shape index (κ3) is 4.49. The molecule has 0 spiro atoms. The molecule has 0 heterocycles. The Balaban J connectivity index is 2.19. The van der Waals surface area contributed by atoms with E-state index in [0.717, 1.165) is 37.7 Å². The first-order chi connectivity index (χ1) is 13.0. The van der Waals surface area contributed by atoms with Crippen LogP contribution in [0.25, 0.3) is 0 Å². The van der Waals surface area contributed by atoms with E-state index in [1.165, 1.54) is 14.0 Å². The average molecular weight is 393 g/mol. The van der Waals surface area contributed by atoms with Crippen LogP contribution in [0.4, 0.5) is 0 Å². The molecule has 1 fully saturated rings. The summed E-state index contributed by atoms with van der Waals surface area (Å²) < 4.78 is 10.2. The maximum Gasteiger partial charge on any atom is 0.312 e. The van der Waals surface area contributed by atoms with Gasteiger partial charge in [-0.2, -0.15) is 0 Å². The van der Waals surface area contributed by atoms with E-state index >= 15 is 0 Å². The fourth-order valence-corrected chi connectivity index (χ4v) is 5.14. The van der Waals surface area contributed by atoms with Gasteiger partial charge < -0.3 is 9.47 Å². The third-order valence-electron chi connectivity index (χ3n) is 7.36. The minimum Gasteiger partial charge on any atom is -0.469 e. The first kappa shape index (κ1) is 22.6. The Morgan fingerprint density at radius 2 is 1.93 bits per heavy atom. The maximum atomic E-state index is 12.6. The van der Waals surface area contributed by atoms with Crippen LogP contribution in [0, 0.1) is 28.6 Å². The molecule has 0 bridgehead atoms. The zero-order chi connectivity index (χ0) is 21.1. The lowest BCUT2D eigenvalue weighted by atomic mass is 9.51. The second-order valence-electron chi connectivity index (χ2n) is 9.37. The lowest BCUT2D eigenvalue weighted by molar-refractivity contribution is -0.158. The number of methoxy groups -OCH3 is 1. The minimum atomic E-state index is -0.766. The van der Waals surface area contributed by atoms with E-state index in [4.69, 9.17) is 9.47 Å². The van der Waals surface area contributed by atoms with E-state index in [-0.39, 0.29) is 35.5 Å². The van der Waals surface area contributed by atoms with Gasteiger partial charge in [-0.1, -0.05) is 26.3 Å². The van der Waals surface area contributed by atoms with Crippen LogP contribution in [0.15, 0.2) is 11.6 Å². The Morgan fingerprint density at radius 3 is 2.54 bits per heavy atom. The molecule has 0 aromatic heterocycles. The molecule has 0 aromatic rings. The Kier molecular flexibility index (Phi) is 7.11. The van der Waals surface area contributed by atoms with Gasteiger partial charge in [-0.15, -0.1) is 0 Å². The number of rotatable bonds is 7. The lowest BCUT2D eigenvalue weighted by Gasteiger charge is -2.52. The Morgan fingerprint density at radius 1 is 1.25 bits per heavy atom. The fraction of sp³-hybridized carbons (Fsp3) is 0.783. The van der Waals surface area contributed by atoms with Crippen LogP contribution in [-0.4, -0.2) is 31.4 Å². The van der Waals surface area contributed by atoms with Crippen molar-refractivity contribution in [1.82, 2.24) is 0 Å². The second-order valence-corrected chi connectivity index (χ2v) is 9.37. The highest BCUT2D eigenvalue weighted by Crippen LogP contribution is 2.58. The molecule has 158 valence electrons. The van der Waals surface area contributed by atoms with E-state index in [0.29, 0.717) is 18.4 Å². The number of allylic oxidation sites excluding steroid dienone is 2. The summed E-state index contributed by atoms with van der Waals surface area (Å²) in [4.78, 5) is 36.1. The molecule has 5 heteroatoms. The number of hydrogen-bond acceptors (Lipinski definition) is 5. The first-order valence-corrected chi connectivity index (χ1v) is 10.5.